The van der Waals surface area contributed by atoms with Crippen molar-refractivity contribution < 1.29 is 0 Å². The number of imidazole rings is 1. The second kappa shape index (κ2) is 4.40. The summed E-state index contributed by atoms with van der Waals surface area (Å²) in [5, 5.41) is 0. The van der Waals surface area contributed by atoms with Gasteiger partial charge in [0.15, 0.2) is 0 Å². The Labute approximate surface area is 107 Å². The molecule has 0 amide bonds. The van der Waals surface area contributed by atoms with E-state index < -0.39 is 0 Å². The molecule has 0 bridgehead atoms. The van der Waals surface area contributed by atoms with Crippen LogP contribution in [0, 0.1) is 6.92 Å². The average Bonchev–Trinajstić information content (AvgIpc) is 2.98. The first-order valence-electron chi connectivity index (χ1n) is 6.35. The van der Waals surface area contributed by atoms with Gasteiger partial charge in [-0.25, -0.2) is 9.97 Å². The molecule has 2 aromatic rings. The molecule has 0 spiro atoms. The van der Waals surface area contributed by atoms with Crippen molar-refractivity contribution in [1.29, 1.82) is 0 Å². The van der Waals surface area contributed by atoms with Crippen LogP contribution in [0.4, 0.5) is 5.82 Å². The van der Waals surface area contributed by atoms with Crippen LogP contribution in [0.3, 0.4) is 0 Å². The van der Waals surface area contributed by atoms with Gasteiger partial charge in [0.25, 0.3) is 0 Å². The Hall–Kier alpha value is -1.91. The third kappa shape index (κ3) is 1.96. The Morgan fingerprint density at radius 3 is 2.89 bits per heavy atom. The minimum atomic E-state index is 0.565. The van der Waals surface area contributed by atoms with Crippen molar-refractivity contribution in [3.8, 4) is 5.95 Å². The van der Waals surface area contributed by atoms with Crippen LogP contribution in [0.5, 0.6) is 0 Å². The maximum atomic E-state index is 4.65. The fourth-order valence-corrected chi connectivity index (χ4v) is 2.45. The molecule has 0 N–H and O–H groups in total. The van der Waals surface area contributed by atoms with Crippen LogP contribution in [0.15, 0.2) is 24.8 Å². The van der Waals surface area contributed by atoms with Crippen molar-refractivity contribution in [3.05, 3.63) is 30.5 Å². The summed E-state index contributed by atoms with van der Waals surface area (Å²) >= 11 is 0. The molecule has 0 unspecified atom stereocenters. The second-order valence-electron chi connectivity index (χ2n) is 4.82. The molecular formula is C13H17N5. The minimum absolute atomic E-state index is 0.565. The number of anilines is 1. The third-order valence-electron chi connectivity index (χ3n) is 3.41. The van der Waals surface area contributed by atoms with Crippen molar-refractivity contribution >= 4 is 5.82 Å². The zero-order chi connectivity index (χ0) is 12.5. The fourth-order valence-electron chi connectivity index (χ4n) is 2.45. The molecule has 0 aliphatic carbocycles. The van der Waals surface area contributed by atoms with Gasteiger partial charge < -0.3 is 4.90 Å². The summed E-state index contributed by atoms with van der Waals surface area (Å²) in [6.07, 6.45) is 7.82. The normalized spacial score (nSPS) is 19.4. The molecule has 1 aliphatic rings. The van der Waals surface area contributed by atoms with Gasteiger partial charge >= 0.3 is 0 Å². The zero-order valence-corrected chi connectivity index (χ0v) is 10.7. The average molecular weight is 243 g/mol. The first-order valence-corrected chi connectivity index (χ1v) is 6.35. The summed E-state index contributed by atoms with van der Waals surface area (Å²) in [6.45, 7) is 5.34. The van der Waals surface area contributed by atoms with E-state index in [1.165, 1.54) is 12.8 Å². The predicted molar refractivity (Wildman–Crippen MR) is 69.9 cm³/mol. The number of hydrogen-bond acceptors (Lipinski definition) is 4. The summed E-state index contributed by atoms with van der Waals surface area (Å²) < 4.78 is 1.84. The topological polar surface area (TPSA) is 46.8 Å². The van der Waals surface area contributed by atoms with Crippen LogP contribution < -0.4 is 4.90 Å². The van der Waals surface area contributed by atoms with Crippen molar-refractivity contribution in [3.63, 3.8) is 0 Å². The van der Waals surface area contributed by atoms with Gasteiger partial charge in [-0.05, 0) is 26.7 Å². The van der Waals surface area contributed by atoms with Gasteiger partial charge in [0, 0.05) is 36.7 Å². The van der Waals surface area contributed by atoms with Crippen molar-refractivity contribution in [2.24, 2.45) is 0 Å². The number of nitrogens with zero attached hydrogens (tertiary/aromatic N) is 5. The highest BCUT2D eigenvalue weighted by Gasteiger charge is 2.22. The Morgan fingerprint density at radius 1 is 1.33 bits per heavy atom. The maximum Gasteiger partial charge on any atom is 0.237 e. The van der Waals surface area contributed by atoms with Crippen LogP contribution in [0.25, 0.3) is 5.95 Å². The van der Waals surface area contributed by atoms with Gasteiger partial charge in [0.1, 0.15) is 12.1 Å². The first-order chi connectivity index (χ1) is 8.74. The molecule has 1 saturated heterocycles. The number of rotatable bonds is 2. The molecule has 5 nitrogen and oxygen atoms in total. The molecule has 3 heterocycles. The van der Waals surface area contributed by atoms with Gasteiger partial charge in [-0.15, -0.1) is 0 Å². The highest BCUT2D eigenvalue weighted by atomic mass is 15.3. The number of aryl methyl sites for hydroxylation is 1. The molecule has 0 saturated carbocycles. The molecule has 2 aromatic heterocycles. The molecular weight excluding hydrogens is 226 g/mol. The van der Waals surface area contributed by atoms with Crippen LogP contribution in [0.1, 0.15) is 25.5 Å². The summed E-state index contributed by atoms with van der Waals surface area (Å²) in [6, 6.07) is 2.62. The summed E-state index contributed by atoms with van der Waals surface area (Å²) in [5.41, 5.74) is 0.989. The summed E-state index contributed by atoms with van der Waals surface area (Å²) in [7, 11) is 0. The second-order valence-corrected chi connectivity index (χ2v) is 4.82. The lowest BCUT2D eigenvalue weighted by Crippen LogP contribution is -2.27. The number of aromatic nitrogens is 4. The Kier molecular flexibility index (Phi) is 2.74. The van der Waals surface area contributed by atoms with Gasteiger partial charge in [0.2, 0.25) is 5.95 Å². The van der Waals surface area contributed by atoms with E-state index in [9.17, 15) is 0 Å². The molecule has 0 aromatic carbocycles. The van der Waals surface area contributed by atoms with Gasteiger partial charge in [-0.2, -0.15) is 4.98 Å². The standard InChI is InChI=1S/C13H17N5/c1-10-8-12(18-6-3-4-11(18)2)16-13(15-10)17-7-5-14-9-17/h5,7-9,11H,3-4,6H2,1-2H3/t11-/m1/s1. The molecule has 3 rings (SSSR count). The van der Waals surface area contributed by atoms with E-state index in [-0.39, 0.29) is 0 Å². The minimum Gasteiger partial charge on any atom is -0.354 e. The Balaban J connectivity index is 2.01. The number of hydrogen-bond donors (Lipinski definition) is 0. The van der Waals surface area contributed by atoms with Crippen LogP contribution in [-0.4, -0.2) is 32.1 Å². The molecule has 1 aliphatic heterocycles. The first kappa shape index (κ1) is 11.2. The molecule has 5 heteroatoms. The Bertz CT molecular complexity index is 534. The predicted octanol–water partition coefficient (Wildman–Crippen LogP) is 1.96. The van der Waals surface area contributed by atoms with Gasteiger partial charge in [-0.1, -0.05) is 0 Å². The SMILES string of the molecule is Cc1cc(N2CCC[C@H]2C)nc(-n2ccnc2)n1. The molecule has 1 atom stereocenters. The summed E-state index contributed by atoms with van der Waals surface area (Å²) in [5.74, 6) is 1.72. The van der Waals surface area contributed by atoms with Crippen LogP contribution in [0.2, 0.25) is 0 Å². The van der Waals surface area contributed by atoms with Gasteiger partial charge in [0.05, 0.1) is 0 Å². The third-order valence-corrected chi connectivity index (χ3v) is 3.41. The van der Waals surface area contributed by atoms with E-state index in [2.05, 4.69) is 32.8 Å². The largest absolute Gasteiger partial charge is 0.354 e. The lowest BCUT2D eigenvalue weighted by atomic mass is 10.2. The van der Waals surface area contributed by atoms with Crippen molar-refractivity contribution in [1.82, 2.24) is 19.5 Å². The van der Waals surface area contributed by atoms with E-state index in [1.807, 2.05) is 17.7 Å². The monoisotopic (exact) mass is 243 g/mol. The van der Waals surface area contributed by atoms with E-state index in [0.717, 1.165) is 18.1 Å². The maximum absolute atomic E-state index is 4.65. The lowest BCUT2D eigenvalue weighted by molar-refractivity contribution is 0.722. The van der Waals surface area contributed by atoms with E-state index in [1.54, 1.807) is 12.5 Å². The van der Waals surface area contributed by atoms with Crippen molar-refractivity contribution in [2.75, 3.05) is 11.4 Å². The van der Waals surface area contributed by atoms with Crippen LogP contribution in [-0.2, 0) is 0 Å². The van der Waals surface area contributed by atoms with Crippen molar-refractivity contribution in [2.45, 2.75) is 32.7 Å². The summed E-state index contributed by atoms with van der Waals surface area (Å²) in [4.78, 5) is 15.5. The molecule has 94 valence electrons. The lowest BCUT2D eigenvalue weighted by Gasteiger charge is -2.23. The molecule has 18 heavy (non-hydrogen) atoms. The van der Waals surface area contributed by atoms with Crippen LogP contribution >= 0.6 is 0 Å². The molecule has 1 fully saturated rings. The van der Waals surface area contributed by atoms with Gasteiger partial charge in [-0.3, -0.25) is 4.57 Å². The molecule has 0 radical (unpaired) electrons. The fraction of sp³-hybridized carbons (Fsp3) is 0.462. The Morgan fingerprint density at radius 2 is 2.22 bits per heavy atom. The highest BCUT2D eigenvalue weighted by Crippen LogP contribution is 2.24. The smallest absolute Gasteiger partial charge is 0.237 e. The van der Waals surface area contributed by atoms with E-state index >= 15 is 0 Å². The van der Waals surface area contributed by atoms with E-state index in [4.69, 9.17) is 0 Å². The van der Waals surface area contributed by atoms with E-state index in [0.29, 0.717) is 12.0 Å². The quantitative estimate of drug-likeness (QED) is 0.809. The highest BCUT2D eigenvalue weighted by molar-refractivity contribution is 5.43. The zero-order valence-electron chi connectivity index (χ0n) is 10.7.